The summed E-state index contributed by atoms with van der Waals surface area (Å²) in [5, 5.41) is 1.87. The van der Waals surface area contributed by atoms with Crippen molar-refractivity contribution >= 4 is 68.4 Å². The van der Waals surface area contributed by atoms with Crippen molar-refractivity contribution in [1.29, 1.82) is 0 Å². The molecule has 9 heteroatoms. The predicted molar refractivity (Wildman–Crippen MR) is 143 cm³/mol. The van der Waals surface area contributed by atoms with Crippen molar-refractivity contribution in [3.63, 3.8) is 0 Å². The fourth-order valence-corrected chi connectivity index (χ4v) is 5.76. The van der Waals surface area contributed by atoms with Crippen LogP contribution in [-0.2, 0) is 6.54 Å². The Labute approximate surface area is 213 Å². The third-order valence-electron chi connectivity index (χ3n) is 4.95. The standard InChI is InChI=1S/C24H25ClN4OS2.ClH/c1-16(2)31-20-7-5-18(6-8-20)23(30)29(11-4-10-28-12-9-26-15-28)24-27-22-17(3)13-19(25)14-21(22)32-24;/h5-9,12-16H,4,10-11H2,1-3H3;1H. The second kappa shape index (κ2) is 11.4. The van der Waals surface area contributed by atoms with Crippen molar-refractivity contribution in [2.45, 2.75) is 43.9 Å². The number of benzene rings is 2. The van der Waals surface area contributed by atoms with Crippen LogP contribution in [0.5, 0.6) is 0 Å². The number of hydrogen-bond acceptors (Lipinski definition) is 5. The third kappa shape index (κ3) is 6.29. The molecule has 0 aliphatic carbocycles. The summed E-state index contributed by atoms with van der Waals surface area (Å²) in [5.74, 6) is -0.0421. The van der Waals surface area contributed by atoms with Gasteiger partial charge in [0.15, 0.2) is 5.13 Å². The fourth-order valence-electron chi connectivity index (χ4n) is 3.48. The van der Waals surface area contributed by atoms with Gasteiger partial charge in [0.25, 0.3) is 5.91 Å². The largest absolute Gasteiger partial charge is 0.337 e. The zero-order chi connectivity index (χ0) is 22.7. The van der Waals surface area contributed by atoms with Crippen LogP contribution in [0, 0.1) is 6.92 Å². The molecule has 0 radical (unpaired) electrons. The lowest BCUT2D eigenvalue weighted by Gasteiger charge is -2.20. The minimum absolute atomic E-state index is 0. The molecule has 4 aromatic rings. The molecule has 2 aromatic heterocycles. The maximum atomic E-state index is 13.5. The summed E-state index contributed by atoms with van der Waals surface area (Å²) in [6.45, 7) is 7.66. The van der Waals surface area contributed by atoms with Gasteiger partial charge in [-0.05, 0) is 55.3 Å². The number of nitrogens with zero attached hydrogens (tertiary/aromatic N) is 4. The van der Waals surface area contributed by atoms with Crippen LogP contribution in [-0.4, -0.2) is 32.2 Å². The number of amides is 1. The van der Waals surface area contributed by atoms with Gasteiger partial charge < -0.3 is 4.57 Å². The van der Waals surface area contributed by atoms with E-state index in [0.29, 0.717) is 27.5 Å². The minimum atomic E-state index is -0.0421. The molecule has 0 fully saturated rings. The Balaban J connectivity index is 0.00000306. The Morgan fingerprint density at radius 1 is 1.24 bits per heavy atom. The van der Waals surface area contributed by atoms with Crippen LogP contribution >= 0.6 is 47.1 Å². The number of carbonyl (C=O) groups is 1. The van der Waals surface area contributed by atoms with Gasteiger partial charge in [-0.15, -0.1) is 24.2 Å². The SMILES string of the molecule is Cc1cc(Cl)cc2sc(N(CCCn3ccnc3)C(=O)c3ccc(SC(C)C)cc3)nc12.Cl. The number of thiazole rings is 1. The molecular weight excluding hydrogens is 495 g/mol. The number of halogens is 2. The summed E-state index contributed by atoms with van der Waals surface area (Å²) < 4.78 is 3.00. The van der Waals surface area contributed by atoms with Crippen LogP contribution in [0.4, 0.5) is 5.13 Å². The van der Waals surface area contributed by atoms with E-state index in [-0.39, 0.29) is 18.3 Å². The summed E-state index contributed by atoms with van der Waals surface area (Å²) in [7, 11) is 0. The van der Waals surface area contributed by atoms with Crippen LogP contribution in [0.3, 0.4) is 0 Å². The number of thioether (sulfide) groups is 1. The van der Waals surface area contributed by atoms with Crippen LogP contribution < -0.4 is 4.90 Å². The van der Waals surface area contributed by atoms with Crippen molar-refractivity contribution in [2.75, 3.05) is 11.4 Å². The topological polar surface area (TPSA) is 51.0 Å². The number of carbonyl (C=O) groups excluding carboxylic acids is 1. The lowest BCUT2D eigenvalue weighted by Crippen LogP contribution is -2.32. The Morgan fingerprint density at radius 2 is 2.00 bits per heavy atom. The molecular formula is C24H26Cl2N4OS2. The monoisotopic (exact) mass is 520 g/mol. The normalized spacial score (nSPS) is 11.1. The molecule has 0 spiro atoms. The first-order chi connectivity index (χ1) is 15.4. The Morgan fingerprint density at radius 3 is 2.67 bits per heavy atom. The molecule has 2 heterocycles. The van der Waals surface area contributed by atoms with E-state index in [2.05, 4.69) is 18.8 Å². The first-order valence-electron chi connectivity index (χ1n) is 10.5. The first-order valence-corrected chi connectivity index (χ1v) is 12.6. The maximum absolute atomic E-state index is 13.5. The second-order valence-electron chi connectivity index (χ2n) is 7.87. The Kier molecular flexibility index (Phi) is 8.82. The van der Waals surface area contributed by atoms with E-state index < -0.39 is 0 Å². The van der Waals surface area contributed by atoms with E-state index in [1.165, 1.54) is 11.3 Å². The molecule has 0 bridgehead atoms. The highest BCUT2D eigenvalue weighted by Gasteiger charge is 2.22. The Bertz CT molecular complexity index is 1210. The molecule has 5 nitrogen and oxygen atoms in total. The summed E-state index contributed by atoms with van der Waals surface area (Å²) in [6, 6.07) is 11.7. The highest BCUT2D eigenvalue weighted by Crippen LogP contribution is 2.34. The molecule has 0 atom stereocenters. The van der Waals surface area contributed by atoms with Gasteiger partial charge in [-0.25, -0.2) is 9.97 Å². The first kappa shape index (κ1) is 25.6. The van der Waals surface area contributed by atoms with Gasteiger partial charge in [0.1, 0.15) is 0 Å². The number of aryl methyl sites for hydroxylation is 2. The quantitative estimate of drug-likeness (QED) is 0.232. The molecule has 0 saturated heterocycles. The number of fused-ring (bicyclic) bond motifs is 1. The van der Waals surface area contributed by atoms with Crippen molar-refractivity contribution in [1.82, 2.24) is 14.5 Å². The van der Waals surface area contributed by atoms with Crippen molar-refractivity contribution < 1.29 is 4.79 Å². The number of rotatable bonds is 8. The van der Waals surface area contributed by atoms with Gasteiger partial charge in [-0.3, -0.25) is 9.69 Å². The molecule has 0 aliphatic rings. The molecule has 0 aliphatic heterocycles. The molecule has 4 rings (SSSR count). The highest BCUT2D eigenvalue weighted by atomic mass is 35.5. The average molecular weight is 522 g/mol. The maximum Gasteiger partial charge on any atom is 0.260 e. The molecule has 0 unspecified atom stereocenters. The van der Waals surface area contributed by atoms with E-state index >= 15 is 0 Å². The van der Waals surface area contributed by atoms with E-state index in [0.717, 1.165) is 33.6 Å². The van der Waals surface area contributed by atoms with Gasteiger partial charge in [0, 0.05) is 46.2 Å². The summed E-state index contributed by atoms with van der Waals surface area (Å²) in [5.41, 5.74) is 2.57. The van der Waals surface area contributed by atoms with E-state index in [4.69, 9.17) is 16.6 Å². The molecule has 1 amide bonds. The van der Waals surface area contributed by atoms with Crippen LogP contribution in [0.1, 0.15) is 36.2 Å². The van der Waals surface area contributed by atoms with Crippen molar-refractivity contribution in [3.8, 4) is 0 Å². The van der Waals surface area contributed by atoms with E-state index in [1.54, 1.807) is 29.2 Å². The van der Waals surface area contributed by atoms with E-state index in [9.17, 15) is 4.79 Å². The number of hydrogen-bond donors (Lipinski definition) is 0. The van der Waals surface area contributed by atoms with Crippen molar-refractivity contribution in [2.24, 2.45) is 0 Å². The molecule has 33 heavy (non-hydrogen) atoms. The van der Waals surface area contributed by atoms with Crippen molar-refractivity contribution in [3.05, 3.63) is 71.3 Å². The molecule has 0 saturated carbocycles. The average Bonchev–Trinajstić information content (AvgIpc) is 3.41. The van der Waals surface area contributed by atoms with Crippen LogP contribution in [0.2, 0.25) is 5.02 Å². The van der Waals surface area contributed by atoms with Gasteiger partial charge in [-0.2, -0.15) is 0 Å². The lowest BCUT2D eigenvalue weighted by atomic mass is 10.2. The van der Waals surface area contributed by atoms with Gasteiger partial charge >= 0.3 is 0 Å². The lowest BCUT2D eigenvalue weighted by molar-refractivity contribution is 0.0986. The fraction of sp³-hybridized carbons (Fsp3) is 0.292. The summed E-state index contributed by atoms with van der Waals surface area (Å²) in [4.78, 5) is 25.4. The zero-order valence-corrected chi connectivity index (χ0v) is 21.9. The predicted octanol–water partition coefficient (Wildman–Crippen LogP) is 7.11. The number of aromatic nitrogens is 3. The zero-order valence-electron chi connectivity index (χ0n) is 18.7. The number of imidazole rings is 1. The second-order valence-corrected chi connectivity index (χ2v) is 11.0. The third-order valence-corrected chi connectivity index (χ3v) is 7.20. The smallest absolute Gasteiger partial charge is 0.260 e. The Hall–Kier alpha value is -2.06. The number of anilines is 1. The van der Waals surface area contributed by atoms with Gasteiger partial charge in [-0.1, -0.05) is 36.8 Å². The van der Waals surface area contributed by atoms with Crippen LogP contribution in [0.25, 0.3) is 10.2 Å². The summed E-state index contributed by atoms with van der Waals surface area (Å²) in [6.07, 6.45) is 6.28. The highest BCUT2D eigenvalue weighted by molar-refractivity contribution is 7.99. The minimum Gasteiger partial charge on any atom is -0.337 e. The molecule has 174 valence electrons. The molecule has 2 aromatic carbocycles. The van der Waals surface area contributed by atoms with Crippen LogP contribution in [0.15, 0.2) is 60.0 Å². The van der Waals surface area contributed by atoms with E-state index in [1.807, 2.05) is 54.1 Å². The van der Waals surface area contributed by atoms with Gasteiger partial charge in [0.2, 0.25) is 0 Å². The molecule has 0 N–H and O–H groups in total. The van der Waals surface area contributed by atoms with Gasteiger partial charge in [0.05, 0.1) is 16.5 Å². The summed E-state index contributed by atoms with van der Waals surface area (Å²) >= 11 is 9.54.